The number of hydrogen-bond acceptors (Lipinski definition) is 3. The van der Waals surface area contributed by atoms with Gasteiger partial charge in [0.15, 0.2) is 6.04 Å². The van der Waals surface area contributed by atoms with E-state index >= 15 is 0 Å². The number of nitrogens with zero attached hydrogens (tertiary/aromatic N) is 1. The number of carbonyl (C=O) groups excluding carboxylic acids is 1. The monoisotopic (exact) mass is 468 g/mol. The maximum Gasteiger partial charge on any atom is 0.282 e. The zero-order valence-electron chi connectivity index (χ0n) is 16.5. The molecule has 1 aliphatic heterocycles. The molecule has 0 radical (unpaired) electrons. The first-order chi connectivity index (χ1) is 14.3. The minimum atomic E-state index is -3.50. The summed E-state index contributed by atoms with van der Waals surface area (Å²) in [4.78, 5) is 13.7. The average molecular weight is 469 g/mol. The predicted molar refractivity (Wildman–Crippen MR) is 121 cm³/mol. The van der Waals surface area contributed by atoms with E-state index in [9.17, 15) is 13.2 Å². The second kappa shape index (κ2) is 9.94. The van der Waals surface area contributed by atoms with Crippen LogP contribution in [0.1, 0.15) is 12.5 Å². The molecule has 160 valence electrons. The van der Waals surface area contributed by atoms with Crippen molar-refractivity contribution in [2.75, 3.05) is 31.5 Å². The first-order valence-corrected chi connectivity index (χ1v) is 11.9. The fourth-order valence-electron chi connectivity index (χ4n) is 3.30. The molecule has 0 aliphatic carbocycles. The lowest BCUT2D eigenvalue weighted by Gasteiger charge is -2.33. The minimum Gasteiger partial charge on any atom is -0.323 e. The molecule has 30 heavy (non-hydrogen) atoms. The van der Waals surface area contributed by atoms with Gasteiger partial charge in [-0.3, -0.25) is 4.79 Å². The number of halogens is 2. The van der Waals surface area contributed by atoms with Crippen LogP contribution in [0.3, 0.4) is 0 Å². The second-order valence-corrected chi connectivity index (χ2v) is 9.73. The molecule has 2 N–H and O–H groups in total. The fourth-order valence-corrected chi connectivity index (χ4v) is 4.84. The molecule has 2 aromatic carbocycles. The van der Waals surface area contributed by atoms with Gasteiger partial charge in [0.2, 0.25) is 10.0 Å². The Bertz CT molecular complexity index is 1020. The highest BCUT2D eigenvalue weighted by Gasteiger charge is 2.33. The van der Waals surface area contributed by atoms with Crippen LogP contribution in [0.25, 0.3) is 6.08 Å². The van der Waals surface area contributed by atoms with Gasteiger partial charge in [0.1, 0.15) is 0 Å². The van der Waals surface area contributed by atoms with Gasteiger partial charge in [0, 0.05) is 5.41 Å². The maximum absolute atomic E-state index is 12.6. The zero-order valence-corrected chi connectivity index (χ0v) is 18.8. The third kappa shape index (κ3) is 5.62. The van der Waals surface area contributed by atoms with Crippen molar-refractivity contribution >= 4 is 50.9 Å². The summed E-state index contributed by atoms with van der Waals surface area (Å²) in [5.41, 5.74) is 1.29. The van der Waals surface area contributed by atoms with Crippen LogP contribution in [0.5, 0.6) is 0 Å². The molecule has 1 saturated heterocycles. The number of piperazine rings is 1. The van der Waals surface area contributed by atoms with E-state index < -0.39 is 10.0 Å². The van der Waals surface area contributed by atoms with Crippen molar-refractivity contribution in [3.8, 4) is 0 Å². The number of hydrogen-bond donors (Lipinski definition) is 2. The number of rotatable bonds is 6. The van der Waals surface area contributed by atoms with Gasteiger partial charge in [-0.2, -0.15) is 4.31 Å². The Morgan fingerprint density at radius 2 is 1.77 bits per heavy atom. The molecule has 0 aromatic heterocycles. The van der Waals surface area contributed by atoms with E-state index in [4.69, 9.17) is 23.2 Å². The van der Waals surface area contributed by atoms with Gasteiger partial charge in [0.25, 0.3) is 5.91 Å². The highest BCUT2D eigenvalue weighted by molar-refractivity contribution is 7.92. The van der Waals surface area contributed by atoms with Crippen molar-refractivity contribution < 1.29 is 18.1 Å². The van der Waals surface area contributed by atoms with Crippen molar-refractivity contribution in [2.24, 2.45) is 0 Å². The molecule has 3 rings (SSSR count). The molecule has 1 atom stereocenters. The zero-order chi connectivity index (χ0) is 21.7. The molecular formula is C21H24Cl2N3O3S+. The van der Waals surface area contributed by atoms with Gasteiger partial charge >= 0.3 is 0 Å². The van der Waals surface area contributed by atoms with Crippen LogP contribution in [0.4, 0.5) is 5.69 Å². The van der Waals surface area contributed by atoms with Gasteiger partial charge in [-0.15, -0.1) is 0 Å². The summed E-state index contributed by atoms with van der Waals surface area (Å²) in [5.74, 6) is -0.186. The first-order valence-electron chi connectivity index (χ1n) is 9.60. The Balaban J connectivity index is 1.57. The Hall–Kier alpha value is -1.90. The molecule has 9 heteroatoms. The highest BCUT2D eigenvalue weighted by Crippen LogP contribution is 2.29. The van der Waals surface area contributed by atoms with Crippen molar-refractivity contribution in [2.45, 2.75) is 13.0 Å². The summed E-state index contributed by atoms with van der Waals surface area (Å²) in [7, 11) is -3.50. The number of sulfonamides is 1. The standard InChI is InChI=1S/C21H23Cl2N3O3S/c1-16(21(27)24-19-9-5-8-18(22)20(19)23)25-11-13-26(14-12-25)30(28,29)15-10-17-6-3-2-4-7-17/h2-10,15-16H,11-14H2,1H3,(H,24,27)/p+1/b15-10+/t16-/m0/s1. The summed E-state index contributed by atoms with van der Waals surface area (Å²) >= 11 is 12.1. The number of quaternary nitrogens is 1. The maximum atomic E-state index is 12.6. The third-order valence-electron chi connectivity index (χ3n) is 5.17. The van der Waals surface area contributed by atoms with Crippen LogP contribution in [-0.2, 0) is 14.8 Å². The molecule has 1 aliphatic rings. The minimum absolute atomic E-state index is 0.186. The molecule has 1 amide bonds. The smallest absolute Gasteiger partial charge is 0.282 e. The van der Waals surface area contributed by atoms with Crippen LogP contribution in [0, 0.1) is 0 Å². The highest BCUT2D eigenvalue weighted by atomic mass is 35.5. The van der Waals surface area contributed by atoms with E-state index in [1.807, 2.05) is 37.3 Å². The van der Waals surface area contributed by atoms with Crippen molar-refractivity contribution in [1.29, 1.82) is 0 Å². The lowest BCUT2D eigenvalue weighted by molar-refractivity contribution is -0.917. The topological polar surface area (TPSA) is 70.9 Å². The second-order valence-electron chi connectivity index (χ2n) is 7.13. The average Bonchev–Trinajstić information content (AvgIpc) is 2.76. The van der Waals surface area contributed by atoms with Gasteiger partial charge in [-0.25, -0.2) is 8.42 Å². The van der Waals surface area contributed by atoms with E-state index in [2.05, 4.69) is 5.32 Å². The molecule has 0 spiro atoms. The van der Waals surface area contributed by atoms with Crippen molar-refractivity contribution in [3.63, 3.8) is 0 Å². The van der Waals surface area contributed by atoms with Crippen LogP contribution < -0.4 is 10.2 Å². The number of benzene rings is 2. The Morgan fingerprint density at radius 1 is 1.10 bits per heavy atom. The largest absolute Gasteiger partial charge is 0.323 e. The van der Waals surface area contributed by atoms with Crippen molar-refractivity contribution in [3.05, 3.63) is 69.5 Å². The Kier molecular flexibility index (Phi) is 7.55. The normalized spacial score (nSPS) is 17.2. The van der Waals surface area contributed by atoms with Crippen LogP contribution >= 0.6 is 23.2 Å². The SMILES string of the molecule is C[C@@H](C(=O)Nc1cccc(Cl)c1Cl)[NH+]1CCN(S(=O)(=O)/C=C/c2ccccc2)CC1. The number of nitrogens with one attached hydrogen (secondary N) is 2. The summed E-state index contributed by atoms with van der Waals surface area (Å²) in [5, 5.41) is 4.72. The third-order valence-corrected chi connectivity index (χ3v) is 7.56. The Labute approximate surface area is 187 Å². The van der Waals surface area contributed by atoms with Crippen LogP contribution in [0.2, 0.25) is 10.0 Å². The van der Waals surface area contributed by atoms with E-state index in [0.29, 0.717) is 41.9 Å². The number of anilines is 1. The quantitative estimate of drug-likeness (QED) is 0.683. The summed E-state index contributed by atoms with van der Waals surface area (Å²) < 4.78 is 26.7. The van der Waals surface area contributed by atoms with Crippen LogP contribution in [-0.4, -0.2) is 50.9 Å². The lowest BCUT2D eigenvalue weighted by Crippen LogP contribution is -3.19. The molecule has 0 bridgehead atoms. The van der Waals surface area contributed by atoms with Gasteiger partial charge in [-0.05, 0) is 30.7 Å². The van der Waals surface area contributed by atoms with E-state index in [0.717, 1.165) is 10.5 Å². The van der Waals surface area contributed by atoms with Crippen molar-refractivity contribution in [1.82, 2.24) is 4.31 Å². The van der Waals surface area contributed by atoms with E-state index in [1.165, 1.54) is 9.71 Å². The summed E-state index contributed by atoms with van der Waals surface area (Å²) in [6, 6.07) is 14.0. The molecule has 6 nitrogen and oxygen atoms in total. The van der Waals surface area contributed by atoms with Gasteiger partial charge in [0.05, 0.1) is 41.9 Å². The van der Waals surface area contributed by atoms with Crippen LogP contribution in [0.15, 0.2) is 53.9 Å². The molecule has 1 heterocycles. The molecular weight excluding hydrogens is 445 g/mol. The first kappa shape index (κ1) is 22.8. The predicted octanol–water partition coefficient (Wildman–Crippen LogP) is 2.52. The Morgan fingerprint density at radius 3 is 2.43 bits per heavy atom. The number of amides is 1. The summed E-state index contributed by atoms with van der Waals surface area (Å²) in [6.07, 6.45) is 1.60. The molecule has 2 aromatic rings. The van der Waals surface area contributed by atoms with Gasteiger partial charge in [-0.1, -0.05) is 59.6 Å². The molecule has 0 saturated carbocycles. The fraction of sp³-hybridized carbons (Fsp3) is 0.286. The summed E-state index contributed by atoms with van der Waals surface area (Å²) in [6.45, 7) is 3.60. The molecule has 1 fully saturated rings. The van der Waals surface area contributed by atoms with Gasteiger partial charge < -0.3 is 10.2 Å². The van der Waals surface area contributed by atoms with E-state index in [-0.39, 0.29) is 11.9 Å². The molecule has 0 unspecified atom stereocenters. The van der Waals surface area contributed by atoms with E-state index in [1.54, 1.807) is 24.3 Å². The lowest BCUT2D eigenvalue weighted by atomic mass is 10.2. The number of carbonyl (C=O) groups is 1.